The minimum Gasteiger partial charge on any atom is -0.445 e. The van der Waals surface area contributed by atoms with Gasteiger partial charge >= 0.3 is 12.5 Å². The Hall–Kier alpha value is -1.24. The molecule has 1 heterocycles. The Labute approximate surface area is 90.6 Å². The molecule has 0 saturated carbocycles. The largest absolute Gasteiger partial charge is 0.522 e. The monoisotopic (exact) mass is 239 g/mol. The summed E-state index contributed by atoms with van der Waals surface area (Å²) in [7, 11) is 0. The average Bonchev–Trinajstić information content (AvgIpc) is 2.10. The Bertz CT molecular complexity index is 261. The minimum atomic E-state index is -4.61. The van der Waals surface area contributed by atoms with E-state index in [0.29, 0.717) is 0 Å². The van der Waals surface area contributed by atoms with Gasteiger partial charge in [0.15, 0.2) is 0 Å². The summed E-state index contributed by atoms with van der Waals surface area (Å²) in [6.45, 7) is 3.50. The van der Waals surface area contributed by atoms with Gasteiger partial charge in [-0.3, -0.25) is 4.74 Å². The summed E-state index contributed by atoms with van der Waals surface area (Å²) in [6.07, 6.45) is -3.73. The molecule has 1 fully saturated rings. The number of carbonyl (C=O) groups is 1. The first kappa shape index (κ1) is 12.8. The van der Waals surface area contributed by atoms with Gasteiger partial charge in [0.05, 0.1) is 6.61 Å². The molecule has 1 aliphatic rings. The minimum absolute atomic E-state index is 0.0963. The molecule has 0 atom stereocenters. The summed E-state index contributed by atoms with van der Waals surface area (Å²) in [5, 5.41) is 0. The zero-order chi connectivity index (χ0) is 12.2. The number of ether oxygens (including phenoxy) is 2. The highest BCUT2D eigenvalue weighted by atomic mass is 19.4. The van der Waals surface area contributed by atoms with Crippen LogP contribution in [0, 0.1) is 5.92 Å². The van der Waals surface area contributed by atoms with Gasteiger partial charge in [0.25, 0.3) is 0 Å². The number of likely N-dealkylation sites (tertiary alicyclic amines) is 1. The fraction of sp³-hybridized carbons (Fsp3) is 0.667. The van der Waals surface area contributed by atoms with E-state index in [1.807, 2.05) is 0 Å². The van der Waals surface area contributed by atoms with Gasteiger partial charge in [0.1, 0.15) is 6.61 Å². The Morgan fingerprint density at radius 1 is 1.50 bits per heavy atom. The molecule has 0 unspecified atom stereocenters. The van der Waals surface area contributed by atoms with Crippen molar-refractivity contribution in [2.45, 2.75) is 6.36 Å². The van der Waals surface area contributed by atoms with Gasteiger partial charge in [-0.25, -0.2) is 4.79 Å². The van der Waals surface area contributed by atoms with Gasteiger partial charge < -0.3 is 9.64 Å². The SMILES string of the molecule is C=CCOC(=O)N1CC(COC(F)(F)F)C1. The summed E-state index contributed by atoms with van der Waals surface area (Å²) in [6, 6.07) is 0. The van der Waals surface area contributed by atoms with Crippen molar-refractivity contribution in [1.82, 2.24) is 4.90 Å². The highest BCUT2D eigenvalue weighted by Crippen LogP contribution is 2.22. The van der Waals surface area contributed by atoms with Crippen molar-refractivity contribution in [3.63, 3.8) is 0 Å². The lowest BCUT2D eigenvalue weighted by molar-refractivity contribution is -0.330. The van der Waals surface area contributed by atoms with E-state index < -0.39 is 19.1 Å². The van der Waals surface area contributed by atoms with Crippen LogP contribution in [-0.4, -0.2) is 43.7 Å². The van der Waals surface area contributed by atoms with Crippen molar-refractivity contribution in [1.29, 1.82) is 0 Å². The predicted octanol–water partition coefficient (Wildman–Crippen LogP) is 1.78. The molecular formula is C9H12F3NO3. The molecule has 92 valence electrons. The van der Waals surface area contributed by atoms with E-state index in [1.165, 1.54) is 11.0 Å². The van der Waals surface area contributed by atoms with Gasteiger partial charge in [0.2, 0.25) is 0 Å². The second-order valence-electron chi connectivity index (χ2n) is 3.39. The second-order valence-corrected chi connectivity index (χ2v) is 3.39. The summed E-state index contributed by atoms with van der Waals surface area (Å²) < 4.78 is 43.3. The molecule has 0 bridgehead atoms. The zero-order valence-corrected chi connectivity index (χ0v) is 8.50. The number of halogens is 3. The maximum absolute atomic E-state index is 11.7. The van der Waals surface area contributed by atoms with Crippen molar-refractivity contribution >= 4 is 6.09 Å². The fourth-order valence-corrected chi connectivity index (χ4v) is 1.26. The molecule has 4 nitrogen and oxygen atoms in total. The molecule has 0 spiro atoms. The summed E-state index contributed by atoms with van der Waals surface area (Å²) in [5.41, 5.74) is 0. The van der Waals surface area contributed by atoms with Gasteiger partial charge in [0, 0.05) is 19.0 Å². The lowest BCUT2D eigenvalue weighted by Crippen LogP contribution is -2.52. The van der Waals surface area contributed by atoms with Crippen LogP contribution in [0.3, 0.4) is 0 Å². The number of amides is 1. The van der Waals surface area contributed by atoms with Gasteiger partial charge in [-0.1, -0.05) is 12.7 Å². The number of hydrogen-bond acceptors (Lipinski definition) is 3. The molecular weight excluding hydrogens is 227 g/mol. The van der Waals surface area contributed by atoms with E-state index in [2.05, 4.69) is 11.3 Å². The quantitative estimate of drug-likeness (QED) is 0.702. The lowest BCUT2D eigenvalue weighted by Gasteiger charge is -2.37. The van der Waals surface area contributed by atoms with Crippen molar-refractivity contribution in [2.24, 2.45) is 5.92 Å². The molecule has 1 rings (SSSR count). The van der Waals surface area contributed by atoms with E-state index in [9.17, 15) is 18.0 Å². The molecule has 0 aromatic rings. The van der Waals surface area contributed by atoms with Crippen LogP contribution in [0.1, 0.15) is 0 Å². The maximum atomic E-state index is 11.7. The summed E-state index contributed by atoms with van der Waals surface area (Å²) in [5.74, 6) is -0.280. The molecule has 0 radical (unpaired) electrons. The normalized spacial score (nSPS) is 16.8. The van der Waals surface area contributed by atoms with Crippen LogP contribution in [0.4, 0.5) is 18.0 Å². The van der Waals surface area contributed by atoms with Crippen LogP contribution in [0.15, 0.2) is 12.7 Å². The third kappa shape index (κ3) is 4.09. The fourth-order valence-electron chi connectivity index (χ4n) is 1.26. The number of nitrogens with zero attached hydrogens (tertiary/aromatic N) is 1. The first-order valence-corrected chi connectivity index (χ1v) is 4.65. The summed E-state index contributed by atoms with van der Waals surface area (Å²) >= 11 is 0. The van der Waals surface area contributed by atoms with Gasteiger partial charge in [-0.05, 0) is 0 Å². The topological polar surface area (TPSA) is 38.8 Å². The van der Waals surface area contributed by atoms with Crippen LogP contribution in [-0.2, 0) is 9.47 Å². The van der Waals surface area contributed by atoms with Crippen LogP contribution < -0.4 is 0 Å². The molecule has 1 amide bonds. The van der Waals surface area contributed by atoms with Crippen LogP contribution in [0.5, 0.6) is 0 Å². The van der Waals surface area contributed by atoms with E-state index in [0.717, 1.165) is 0 Å². The molecule has 0 N–H and O–H groups in total. The van der Waals surface area contributed by atoms with E-state index in [1.54, 1.807) is 0 Å². The van der Waals surface area contributed by atoms with Gasteiger partial charge in [-0.2, -0.15) is 0 Å². The van der Waals surface area contributed by atoms with Crippen LogP contribution in [0.25, 0.3) is 0 Å². The number of hydrogen-bond donors (Lipinski definition) is 0. The van der Waals surface area contributed by atoms with Crippen molar-refractivity contribution in [3.8, 4) is 0 Å². The first-order chi connectivity index (χ1) is 7.42. The Balaban J connectivity index is 2.13. The highest BCUT2D eigenvalue weighted by Gasteiger charge is 2.36. The molecule has 7 heteroatoms. The average molecular weight is 239 g/mol. The standard InChI is InChI=1S/C9H12F3NO3/c1-2-3-15-8(14)13-4-7(5-13)6-16-9(10,11)12/h2,7H,1,3-6H2. The van der Waals surface area contributed by atoms with Crippen molar-refractivity contribution < 1.29 is 27.4 Å². The van der Waals surface area contributed by atoms with Gasteiger partial charge in [-0.15, -0.1) is 13.2 Å². The molecule has 0 aliphatic carbocycles. The van der Waals surface area contributed by atoms with E-state index >= 15 is 0 Å². The smallest absolute Gasteiger partial charge is 0.445 e. The Morgan fingerprint density at radius 3 is 2.62 bits per heavy atom. The number of carbonyl (C=O) groups excluding carboxylic acids is 1. The third-order valence-electron chi connectivity index (χ3n) is 2.02. The molecule has 0 aromatic carbocycles. The lowest BCUT2D eigenvalue weighted by atomic mass is 10.0. The second kappa shape index (κ2) is 5.20. The van der Waals surface area contributed by atoms with Crippen molar-refractivity contribution in [3.05, 3.63) is 12.7 Å². The molecule has 0 aromatic heterocycles. The first-order valence-electron chi connectivity index (χ1n) is 4.65. The number of rotatable bonds is 4. The summed E-state index contributed by atoms with van der Waals surface area (Å²) in [4.78, 5) is 12.4. The molecule has 1 aliphatic heterocycles. The van der Waals surface area contributed by atoms with Crippen LogP contribution >= 0.6 is 0 Å². The predicted molar refractivity (Wildman–Crippen MR) is 48.6 cm³/mol. The van der Waals surface area contributed by atoms with E-state index in [4.69, 9.17) is 4.74 Å². The zero-order valence-electron chi connectivity index (χ0n) is 8.50. The van der Waals surface area contributed by atoms with Crippen molar-refractivity contribution in [2.75, 3.05) is 26.3 Å². The van der Waals surface area contributed by atoms with Crippen LogP contribution in [0.2, 0.25) is 0 Å². The molecule has 16 heavy (non-hydrogen) atoms. The van der Waals surface area contributed by atoms with E-state index in [-0.39, 0.29) is 25.6 Å². The number of alkyl halides is 3. The Morgan fingerprint density at radius 2 is 2.12 bits per heavy atom. The highest BCUT2D eigenvalue weighted by molar-refractivity contribution is 5.68. The molecule has 1 saturated heterocycles. The maximum Gasteiger partial charge on any atom is 0.522 e. The third-order valence-corrected chi connectivity index (χ3v) is 2.02. The Kier molecular flexibility index (Phi) is 4.17.